The van der Waals surface area contributed by atoms with E-state index < -0.39 is 0 Å². The molecule has 1 nitrogen and oxygen atoms in total. The van der Waals surface area contributed by atoms with Crippen LogP contribution in [0.2, 0.25) is 0 Å². The number of rotatable bonds is 5. The zero-order valence-electron chi connectivity index (χ0n) is 11.0. The molecule has 0 aromatic heterocycles. The molecular weight excluding hydrogens is 208 g/mol. The van der Waals surface area contributed by atoms with Crippen molar-refractivity contribution in [2.75, 3.05) is 0 Å². The average Bonchev–Trinajstić information content (AvgIpc) is 2.26. The van der Waals surface area contributed by atoms with Crippen LogP contribution in [0.15, 0.2) is 30.3 Å². The maximum atomic E-state index is 10.5. The summed E-state index contributed by atoms with van der Waals surface area (Å²) in [5.41, 5.74) is 1.40. The lowest BCUT2D eigenvalue weighted by Gasteiger charge is -2.46. The highest BCUT2D eigenvalue weighted by Crippen LogP contribution is 2.47. The normalized spacial score (nSPS) is 20.0. The minimum atomic E-state index is -0.166. The van der Waals surface area contributed by atoms with E-state index in [1.807, 2.05) is 0 Å². The van der Waals surface area contributed by atoms with Crippen molar-refractivity contribution in [3.63, 3.8) is 0 Å². The minimum Gasteiger partial charge on any atom is -0.392 e. The molecule has 1 fully saturated rings. The smallest absolute Gasteiger partial charge is 0.0636 e. The van der Waals surface area contributed by atoms with Gasteiger partial charge in [0.25, 0.3) is 0 Å². The van der Waals surface area contributed by atoms with E-state index in [0.29, 0.717) is 5.92 Å². The molecule has 1 atom stereocenters. The highest BCUT2D eigenvalue weighted by atomic mass is 16.3. The van der Waals surface area contributed by atoms with Crippen LogP contribution in [0, 0.1) is 5.92 Å². The molecule has 1 N–H and O–H groups in total. The number of hydrogen-bond acceptors (Lipinski definition) is 1. The van der Waals surface area contributed by atoms with Gasteiger partial charge in [-0.1, -0.05) is 50.6 Å². The maximum Gasteiger partial charge on any atom is 0.0636 e. The molecule has 0 radical (unpaired) electrons. The molecule has 0 bridgehead atoms. The van der Waals surface area contributed by atoms with Crippen molar-refractivity contribution in [3.8, 4) is 0 Å². The summed E-state index contributed by atoms with van der Waals surface area (Å²) >= 11 is 0. The second-order valence-corrected chi connectivity index (χ2v) is 5.86. The second-order valence-electron chi connectivity index (χ2n) is 5.86. The fourth-order valence-corrected chi connectivity index (χ4v) is 2.91. The predicted molar refractivity (Wildman–Crippen MR) is 72.0 cm³/mol. The van der Waals surface area contributed by atoms with Crippen LogP contribution in [-0.4, -0.2) is 11.2 Å². The SMILES string of the molecule is CC(C)CCC(O)C1(c2ccccc2)CCC1. The van der Waals surface area contributed by atoms with Gasteiger partial charge in [-0.05, 0) is 37.2 Å². The van der Waals surface area contributed by atoms with E-state index in [0.717, 1.165) is 25.7 Å². The molecule has 1 unspecified atom stereocenters. The summed E-state index contributed by atoms with van der Waals surface area (Å²) in [6, 6.07) is 10.6. The molecule has 1 aromatic rings. The standard InChI is InChI=1S/C16H24O/c1-13(2)9-10-15(17)16(11-6-12-16)14-7-4-3-5-8-14/h3-5,7-8,13,15,17H,6,9-12H2,1-2H3. The van der Waals surface area contributed by atoms with Gasteiger partial charge in [0.15, 0.2) is 0 Å². The molecule has 0 heterocycles. The Morgan fingerprint density at radius 2 is 1.76 bits per heavy atom. The van der Waals surface area contributed by atoms with Gasteiger partial charge < -0.3 is 5.11 Å². The topological polar surface area (TPSA) is 20.2 Å². The lowest BCUT2D eigenvalue weighted by atomic mass is 9.60. The van der Waals surface area contributed by atoms with E-state index in [1.54, 1.807) is 0 Å². The van der Waals surface area contributed by atoms with Gasteiger partial charge in [0.1, 0.15) is 0 Å². The molecule has 0 amide bonds. The van der Waals surface area contributed by atoms with E-state index in [-0.39, 0.29) is 11.5 Å². The average molecular weight is 232 g/mol. The molecule has 1 aromatic carbocycles. The van der Waals surface area contributed by atoms with Crippen molar-refractivity contribution in [3.05, 3.63) is 35.9 Å². The Morgan fingerprint density at radius 1 is 1.12 bits per heavy atom. The third kappa shape index (κ3) is 2.55. The van der Waals surface area contributed by atoms with Crippen molar-refractivity contribution in [1.29, 1.82) is 0 Å². The first-order chi connectivity index (χ1) is 8.15. The first-order valence-corrected chi connectivity index (χ1v) is 6.89. The van der Waals surface area contributed by atoms with Gasteiger partial charge >= 0.3 is 0 Å². The van der Waals surface area contributed by atoms with Crippen LogP contribution in [0.25, 0.3) is 0 Å². The minimum absolute atomic E-state index is 0.0656. The summed E-state index contributed by atoms with van der Waals surface area (Å²) in [6.45, 7) is 4.45. The molecule has 1 heteroatoms. The molecule has 1 saturated carbocycles. The van der Waals surface area contributed by atoms with E-state index in [9.17, 15) is 5.11 Å². The molecule has 1 aliphatic rings. The molecule has 0 aliphatic heterocycles. The molecule has 17 heavy (non-hydrogen) atoms. The van der Waals surface area contributed by atoms with E-state index in [2.05, 4.69) is 44.2 Å². The highest BCUT2D eigenvalue weighted by molar-refractivity contribution is 5.29. The summed E-state index contributed by atoms with van der Waals surface area (Å²) in [7, 11) is 0. The quantitative estimate of drug-likeness (QED) is 0.816. The molecule has 94 valence electrons. The van der Waals surface area contributed by atoms with Gasteiger partial charge in [0, 0.05) is 5.41 Å². The van der Waals surface area contributed by atoms with Crippen molar-refractivity contribution in [1.82, 2.24) is 0 Å². The Labute approximate surface area is 105 Å². The molecule has 1 aliphatic carbocycles. The second kappa shape index (κ2) is 5.22. The largest absolute Gasteiger partial charge is 0.392 e. The van der Waals surface area contributed by atoms with Crippen LogP contribution in [0.1, 0.15) is 51.5 Å². The molecule has 0 spiro atoms. The molecular formula is C16H24O. The fourth-order valence-electron chi connectivity index (χ4n) is 2.91. The highest BCUT2D eigenvalue weighted by Gasteiger charge is 2.44. The van der Waals surface area contributed by atoms with Crippen molar-refractivity contribution in [2.24, 2.45) is 5.92 Å². The maximum absolute atomic E-state index is 10.5. The number of benzene rings is 1. The number of aliphatic hydroxyl groups is 1. The van der Waals surface area contributed by atoms with Crippen molar-refractivity contribution in [2.45, 2.75) is 57.5 Å². The van der Waals surface area contributed by atoms with E-state index in [1.165, 1.54) is 12.0 Å². The van der Waals surface area contributed by atoms with Crippen LogP contribution in [0.4, 0.5) is 0 Å². The fraction of sp³-hybridized carbons (Fsp3) is 0.625. The molecule has 0 saturated heterocycles. The third-order valence-corrected chi connectivity index (χ3v) is 4.25. The Hall–Kier alpha value is -0.820. The Kier molecular flexibility index (Phi) is 3.88. The zero-order valence-corrected chi connectivity index (χ0v) is 11.0. The van der Waals surface area contributed by atoms with Crippen LogP contribution >= 0.6 is 0 Å². The van der Waals surface area contributed by atoms with Crippen LogP contribution in [-0.2, 0) is 5.41 Å². The first kappa shape index (κ1) is 12.6. The van der Waals surface area contributed by atoms with Crippen molar-refractivity contribution < 1.29 is 5.11 Å². The van der Waals surface area contributed by atoms with E-state index >= 15 is 0 Å². The van der Waals surface area contributed by atoms with Crippen LogP contribution in [0.5, 0.6) is 0 Å². The van der Waals surface area contributed by atoms with Crippen LogP contribution < -0.4 is 0 Å². The monoisotopic (exact) mass is 232 g/mol. The lowest BCUT2D eigenvalue weighted by molar-refractivity contribution is 0.0187. The number of hydrogen-bond donors (Lipinski definition) is 1. The summed E-state index contributed by atoms with van der Waals surface area (Å²) in [4.78, 5) is 0. The van der Waals surface area contributed by atoms with E-state index in [4.69, 9.17) is 0 Å². The predicted octanol–water partition coefficient (Wildman–Crippen LogP) is 3.91. The number of aliphatic hydroxyl groups excluding tert-OH is 1. The van der Waals surface area contributed by atoms with Gasteiger partial charge in [-0.2, -0.15) is 0 Å². The lowest BCUT2D eigenvalue weighted by Crippen LogP contribution is -2.45. The summed E-state index contributed by atoms with van der Waals surface area (Å²) in [6.07, 6.45) is 5.45. The van der Waals surface area contributed by atoms with Gasteiger partial charge in [0.2, 0.25) is 0 Å². The van der Waals surface area contributed by atoms with Crippen molar-refractivity contribution >= 4 is 0 Å². The first-order valence-electron chi connectivity index (χ1n) is 6.89. The summed E-state index contributed by atoms with van der Waals surface area (Å²) < 4.78 is 0. The third-order valence-electron chi connectivity index (χ3n) is 4.25. The summed E-state index contributed by atoms with van der Waals surface area (Å²) in [5, 5.41) is 10.5. The Balaban J connectivity index is 2.09. The van der Waals surface area contributed by atoms with Gasteiger partial charge in [0.05, 0.1) is 6.10 Å². The zero-order chi connectivity index (χ0) is 12.3. The Bertz CT molecular complexity index is 338. The van der Waals surface area contributed by atoms with Crippen LogP contribution in [0.3, 0.4) is 0 Å². The van der Waals surface area contributed by atoms with Gasteiger partial charge in [-0.15, -0.1) is 0 Å². The molecule has 2 rings (SSSR count). The summed E-state index contributed by atoms with van der Waals surface area (Å²) in [5.74, 6) is 0.678. The Morgan fingerprint density at radius 3 is 2.24 bits per heavy atom. The van der Waals surface area contributed by atoms with Gasteiger partial charge in [-0.25, -0.2) is 0 Å². The van der Waals surface area contributed by atoms with Gasteiger partial charge in [-0.3, -0.25) is 0 Å².